The fourth-order valence-corrected chi connectivity index (χ4v) is 3.66. The van der Waals surface area contributed by atoms with Crippen LogP contribution in [0.25, 0.3) is 0 Å². The van der Waals surface area contributed by atoms with E-state index in [0.29, 0.717) is 42.2 Å². The van der Waals surface area contributed by atoms with Crippen molar-refractivity contribution in [1.82, 2.24) is 10.2 Å². The number of ether oxygens (including phenoxy) is 1. The average Bonchev–Trinajstić information content (AvgIpc) is 2.77. The molecular weight excluding hydrogens is 410 g/mol. The van der Waals surface area contributed by atoms with Gasteiger partial charge in [-0.2, -0.15) is 0 Å². The number of carbonyl (C=O) groups excluding carboxylic acids is 4. The summed E-state index contributed by atoms with van der Waals surface area (Å²) in [6.45, 7) is 4.44. The fraction of sp³-hybridized carbons (Fsp3) is 0.333. The molecule has 8 heteroatoms. The smallest absolute Gasteiger partial charge is 0.308 e. The molecule has 1 aliphatic rings. The van der Waals surface area contributed by atoms with Gasteiger partial charge in [-0.1, -0.05) is 12.1 Å². The first-order chi connectivity index (χ1) is 15.3. The van der Waals surface area contributed by atoms with Crippen LogP contribution in [-0.4, -0.2) is 48.2 Å². The third-order valence-corrected chi connectivity index (χ3v) is 5.24. The quantitative estimate of drug-likeness (QED) is 0.534. The number of carbonyl (C=O) groups is 4. The minimum absolute atomic E-state index is 0.101. The Hall–Kier alpha value is -3.68. The first kappa shape index (κ1) is 23.0. The molecule has 1 heterocycles. The van der Waals surface area contributed by atoms with Crippen LogP contribution in [0.15, 0.2) is 48.5 Å². The van der Waals surface area contributed by atoms with Crippen LogP contribution >= 0.6 is 0 Å². The van der Waals surface area contributed by atoms with Gasteiger partial charge in [0.1, 0.15) is 5.75 Å². The fourth-order valence-electron chi connectivity index (χ4n) is 3.66. The van der Waals surface area contributed by atoms with Crippen molar-refractivity contribution in [2.75, 3.05) is 25.0 Å². The number of nitrogens with one attached hydrogen (secondary N) is 2. The van der Waals surface area contributed by atoms with Gasteiger partial charge in [0.25, 0.3) is 11.8 Å². The lowest BCUT2D eigenvalue weighted by molar-refractivity contribution is -0.131. The zero-order valence-corrected chi connectivity index (χ0v) is 18.2. The molecule has 0 radical (unpaired) electrons. The van der Waals surface area contributed by atoms with E-state index in [1.54, 1.807) is 53.4 Å². The predicted molar refractivity (Wildman–Crippen MR) is 119 cm³/mol. The van der Waals surface area contributed by atoms with Gasteiger partial charge in [-0.25, -0.2) is 0 Å². The Balaban J connectivity index is 1.49. The highest BCUT2D eigenvalue weighted by Gasteiger charge is 2.24. The van der Waals surface area contributed by atoms with Crippen LogP contribution in [0, 0.1) is 5.92 Å². The maximum atomic E-state index is 12.8. The van der Waals surface area contributed by atoms with Gasteiger partial charge in [-0.3, -0.25) is 19.2 Å². The lowest BCUT2D eigenvalue weighted by Crippen LogP contribution is -2.41. The topological polar surface area (TPSA) is 105 Å². The number of hydrogen-bond acceptors (Lipinski definition) is 5. The Bertz CT molecular complexity index is 1010. The van der Waals surface area contributed by atoms with Crippen LogP contribution in [0.2, 0.25) is 0 Å². The molecule has 0 saturated carbocycles. The van der Waals surface area contributed by atoms with Crippen molar-refractivity contribution >= 4 is 29.4 Å². The van der Waals surface area contributed by atoms with Crippen LogP contribution < -0.4 is 15.4 Å². The molecule has 3 amide bonds. The van der Waals surface area contributed by atoms with Crippen molar-refractivity contribution in [3.05, 3.63) is 59.7 Å². The van der Waals surface area contributed by atoms with Crippen molar-refractivity contribution in [2.45, 2.75) is 26.7 Å². The molecule has 0 aromatic heterocycles. The number of esters is 1. The van der Waals surface area contributed by atoms with E-state index in [9.17, 15) is 19.2 Å². The van der Waals surface area contributed by atoms with E-state index in [2.05, 4.69) is 10.6 Å². The van der Waals surface area contributed by atoms with E-state index in [0.717, 1.165) is 12.8 Å². The summed E-state index contributed by atoms with van der Waals surface area (Å²) in [5.74, 6) is -0.298. The molecule has 0 aliphatic carbocycles. The molecule has 1 saturated heterocycles. The normalized spacial score (nSPS) is 13.9. The highest BCUT2D eigenvalue weighted by atomic mass is 16.5. The lowest BCUT2D eigenvalue weighted by Gasteiger charge is -2.32. The molecule has 3 rings (SSSR count). The predicted octanol–water partition coefficient (Wildman–Crippen LogP) is 2.85. The Morgan fingerprint density at radius 2 is 1.66 bits per heavy atom. The summed E-state index contributed by atoms with van der Waals surface area (Å²) in [6, 6.07) is 13.4. The van der Waals surface area contributed by atoms with Crippen LogP contribution in [0.5, 0.6) is 5.75 Å². The standard InChI is InChI=1S/C24H27N3O5/c1-16(28)26-21-7-3-5-19(13-21)23(30)25-15-18-9-11-27(12-10-18)24(31)20-6-4-8-22(14-20)32-17(2)29/h3-8,13-14,18H,9-12,15H2,1-2H3,(H,25,30)(H,26,28). The first-order valence-corrected chi connectivity index (χ1v) is 10.6. The first-order valence-electron chi connectivity index (χ1n) is 10.6. The largest absolute Gasteiger partial charge is 0.427 e. The van der Waals surface area contributed by atoms with E-state index >= 15 is 0 Å². The summed E-state index contributed by atoms with van der Waals surface area (Å²) >= 11 is 0. The van der Waals surface area contributed by atoms with Gasteiger partial charge in [-0.05, 0) is 55.2 Å². The Morgan fingerprint density at radius 1 is 0.969 bits per heavy atom. The maximum absolute atomic E-state index is 12.8. The summed E-state index contributed by atoms with van der Waals surface area (Å²) in [4.78, 5) is 49.4. The molecule has 1 aliphatic heterocycles. The van der Waals surface area contributed by atoms with E-state index in [-0.39, 0.29) is 23.6 Å². The van der Waals surface area contributed by atoms with Crippen molar-refractivity contribution in [3.63, 3.8) is 0 Å². The van der Waals surface area contributed by atoms with Crippen LogP contribution in [0.1, 0.15) is 47.4 Å². The van der Waals surface area contributed by atoms with Gasteiger partial charge in [0.2, 0.25) is 5.91 Å². The van der Waals surface area contributed by atoms with Crippen LogP contribution in [0.4, 0.5) is 5.69 Å². The van der Waals surface area contributed by atoms with Gasteiger partial charge >= 0.3 is 5.97 Å². The number of nitrogens with zero attached hydrogens (tertiary/aromatic N) is 1. The second-order valence-electron chi connectivity index (χ2n) is 7.83. The van der Waals surface area contributed by atoms with Gasteiger partial charge in [0, 0.05) is 50.3 Å². The molecule has 2 aromatic carbocycles. The van der Waals surface area contributed by atoms with Crippen molar-refractivity contribution in [1.29, 1.82) is 0 Å². The summed E-state index contributed by atoms with van der Waals surface area (Å²) in [5.41, 5.74) is 1.54. The molecule has 0 bridgehead atoms. The van der Waals surface area contributed by atoms with E-state index < -0.39 is 5.97 Å². The molecular formula is C24H27N3O5. The second kappa shape index (κ2) is 10.6. The minimum atomic E-state index is -0.431. The zero-order chi connectivity index (χ0) is 23.1. The number of piperidine rings is 1. The number of likely N-dealkylation sites (tertiary alicyclic amines) is 1. The van der Waals surface area contributed by atoms with E-state index in [1.807, 2.05) is 0 Å². The highest BCUT2D eigenvalue weighted by Crippen LogP contribution is 2.21. The van der Waals surface area contributed by atoms with Gasteiger partial charge < -0.3 is 20.3 Å². The van der Waals surface area contributed by atoms with E-state index in [1.165, 1.54) is 13.8 Å². The monoisotopic (exact) mass is 437 g/mol. The SMILES string of the molecule is CC(=O)Nc1cccc(C(=O)NCC2CCN(C(=O)c3cccc(OC(C)=O)c3)CC2)c1. The lowest BCUT2D eigenvalue weighted by atomic mass is 9.96. The van der Waals surface area contributed by atoms with Crippen LogP contribution in [0.3, 0.4) is 0 Å². The maximum Gasteiger partial charge on any atom is 0.308 e. The number of benzene rings is 2. The zero-order valence-electron chi connectivity index (χ0n) is 18.2. The molecule has 0 unspecified atom stereocenters. The van der Waals surface area contributed by atoms with Gasteiger partial charge in [0.15, 0.2) is 0 Å². The van der Waals surface area contributed by atoms with Crippen molar-refractivity contribution in [3.8, 4) is 5.75 Å². The molecule has 8 nitrogen and oxygen atoms in total. The molecule has 32 heavy (non-hydrogen) atoms. The van der Waals surface area contributed by atoms with Crippen molar-refractivity contribution < 1.29 is 23.9 Å². The number of hydrogen-bond donors (Lipinski definition) is 2. The molecule has 0 atom stereocenters. The van der Waals surface area contributed by atoms with Gasteiger partial charge in [-0.15, -0.1) is 0 Å². The summed E-state index contributed by atoms with van der Waals surface area (Å²) in [5, 5.41) is 5.61. The van der Waals surface area contributed by atoms with Gasteiger partial charge in [0.05, 0.1) is 0 Å². The molecule has 2 aromatic rings. The molecule has 1 fully saturated rings. The Kier molecular flexibility index (Phi) is 7.59. The molecule has 2 N–H and O–H groups in total. The molecule has 168 valence electrons. The van der Waals surface area contributed by atoms with Crippen LogP contribution in [-0.2, 0) is 9.59 Å². The summed E-state index contributed by atoms with van der Waals surface area (Å²) < 4.78 is 5.06. The Morgan fingerprint density at radius 3 is 2.34 bits per heavy atom. The number of amides is 3. The highest BCUT2D eigenvalue weighted by molar-refractivity contribution is 5.97. The summed E-state index contributed by atoms with van der Waals surface area (Å²) in [7, 11) is 0. The van der Waals surface area contributed by atoms with Crippen molar-refractivity contribution in [2.24, 2.45) is 5.92 Å². The minimum Gasteiger partial charge on any atom is -0.427 e. The Labute approximate surface area is 186 Å². The number of rotatable bonds is 6. The number of anilines is 1. The van der Waals surface area contributed by atoms with E-state index in [4.69, 9.17) is 4.74 Å². The second-order valence-corrected chi connectivity index (χ2v) is 7.83. The molecule has 0 spiro atoms. The summed E-state index contributed by atoms with van der Waals surface area (Å²) in [6.07, 6.45) is 1.56. The average molecular weight is 437 g/mol. The third-order valence-electron chi connectivity index (χ3n) is 5.24. The third kappa shape index (κ3) is 6.41.